The van der Waals surface area contributed by atoms with Gasteiger partial charge >= 0.3 is 12.1 Å². The molecule has 0 spiro atoms. The van der Waals surface area contributed by atoms with Crippen molar-refractivity contribution < 1.29 is 23.9 Å². The van der Waals surface area contributed by atoms with Gasteiger partial charge in [0.15, 0.2) is 0 Å². The van der Waals surface area contributed by atoms with Crippen LogP contribution in [0.3, 0.4) is 0 Å². The summed E-state index contributed by atoms with van der Waals surface area (Å²) in [5.74, 6) is -1.50. The average Bonchev–Trinajstić information content (AvgIpc) is 2.45. The average molecular weight is 280 g/mol. The molecule has 0 saturated heterocycles. The van der Waals surface area contributed by atoms with Crippen LogP contribution in [0.4, 0.5) is 4.79 Å². The highest BCUT2D eigenvalue weighted by atomic mass is 16.5. The Labute approximate surface area is 116 Å². The second kappa shape index (κ2) is 7.78. The van der Waals surface area contributed by atoms with E-state index in [-0.39, 0.29) is 13.0 Å². The molecule has 0 aliphatic heterocycles. The number of benzene rings is 1. The monoisotopic (exact) mass is 280 g/mol. The molecule has 0 aliphatic carbocycles. The Balaban J connectivity index is 2.46. The van der Waals surface area contributed by atoms with E-state index in [4.69, 9.17) is 10.5 Å². The third-order valence-corrected chi connectivity index (χ3v) is 2.45. The maximum absolute atomic E-state index is 11.5. The SMILES string of the molecule is COC(=O)CC(NC(=O)OCc1ccccc1)C(N)=O. The number of rotatable bonds is 6. The van der Waals surface area contributed by atoms with Crippen LogP contribution in [0.1, 0.15) is 12.0 Å². The molecule has 20 heavy (non-hydrogen) atoms. The number of hydrogen-bond acceptors (Lipinski definition) is 5. The fourth-order valence-corrected chi connectivity index (χ4v) is 1.38. The van der Waals surface area contributed by atoms with Gasteiger partial charge in [-0.15, -0.1) is 0 Å². The summed E-state index contributed by atoms with van der Waals surface area (Å²) in [4.78, 5) is 33.7. The molecule has 108 valence electrons. The van der Waals surface area contributed by atoms with E-state index in [2.05, 4.69) is 10.1 Å². The van der Waals surface area contributed by atoms with E-state index in [1.165, 1.54) is 7.11 Å². The number of primary amides is 1. The lowest BCUT2D eigenvalue weighted by atomic mass is 10.2. The molecule has 0 heterocycles. The predicted octanol–water partition coefficient (Wildman–Crippen LogP) is 0.330. The lowest BCUT2D eigenvalue weighted by Crippen LogP contribution is -2.46. The molecule has 0 aromatic heterocycles. The van der Waals surface area contributed by atoms with Crippen LogP contribution in [-0.2, 0) is 25.7 Å². The van der Waals surface area contributed by atoms with Crippen molar-refractivity contribution in [3.05, 3.63) is 35.9 Å². The first-order chi connectivity index (χ1) is 9.52. The van der Waals surface area contributed by atoms with Crippen LogP contribution in [0.5, 0.6) is 0 Å². The van der Waals surface area contributed by atoms with E-state index in [0.29, 0.717) is 0 Å². The Morgan fingerprint density at radius 1 is 1.25 bits per heavy atom. The van der Waals surface area contributed by atoms with Gasteiger partial charge in [0.2, 0.25) is 5.91 Å². The molecule has 7 nitrogen and oxygen atoms in total. The number of hydrogen-bond donors (Lipinski definition) is 2. The smallest absolute Gasteiger partial charge is 0.408 e. The molecule has 2 amide bonds. The van der Waals surface area contributed by atoms with Crippen molar-refractivity contribution in [1.29, 1.82) is 0 Å². The molecule has 1 rings (SSSR count). The Kier molecular flexibility index (Phi) is 6.02. The molecular weight excluding hydrogens is 264 g/mol. The number of carbonyl (C=O) groups excluding carboxylic acids is 3. The highest BCUT2D eigenvalue weighted by molar-refractivity contribution is 5.88. The van der Waals surface area contributed by atoms with Gasteiger partial charge in [-0.3, -0.25) is 9.59 Å². The van der Waals surface area contributed by atoms with Crippen molar-refractivity contribution in [3.63, 3.8) is 0 Å². The molecule has 0 bridgehead atoms. The minimum atomic E-state index is -1.16. The van der Waals surface area contributed by atoms with E-state index in [1.807, 2.05) is 6.07 Å². The van der Waals surface area contributed by atoms with Gasteiger partial charge in [0, 0.05) is 0 Å². The number of methoxy groups -OCH3 is 1. The molecule has 1 aromatic carbocycles. The summed E-state index contributed by atoms with van der Waals surface area (Å²) < 4.78 is 9.32. The van der Waals surface area contributed by atoms with Crippen molar-refractivity contribution in [3.8, 4) is 0 Å². The van der Waals surface area contributed by atoms with Crippen LogP contribution >= 0.6 is 0 Å². The summed E-state index contributed by atoms with van der Waals surface area (Å²) in [6, 6.07) is 7.86. The van der Waals surface area contributed by atoms with Crippen molar-refractivity contribution in [2.45, 2.75) is 19.1 Å². The molecular formula is C13H16N2O5. The van der Waals surface area contributed by atoms with Gasteiger partial charge in [0.25, 0.3) is 0 Å². The second-order valence-corrected chi connectivity index (χ2v) is 3.94. The molecule has 7 heteroatoms. The highest BCUT2D eigenvalue weighted by Crippen LogP contribution is 2.01. The lowest BCUT2D eigenvalue weighted by molar-refractivity contribution is -0.142. The summed E-state index contributed by atoms with van der Waals surface area (Å²) in [6.07, 6.45) is -1.17. The van der Waals surface area contributed by atoms with Crippen LogP contribution in [0.15, 0.2) is 30.3 Å². The zero-order chi connectivity index (χ0) is 15.0. The molecule has 0 saturated carbocycles. The minimum absolute atomic E-state index is 0.0520. The van der Waals surface area contributed by atoms with Crippen LogP contribution in [-0.4, -0.2) is 31.1 Å². The van der Waals surface area contributed by atoms with Gasteiger partial charge in [0.05, 0.1) is 13.5 Å². The van der Waals surface area contributed by atoms with Crippen LogP contribution in [0.2, 0.25) is 0 Å². The fourth-order valence-electron chi connectivity index (χ4n) is 1.38. The van der Waals surface area contributed by atoms with E-state index >= 15 is 0 Å². The third-order valence-electron chi connectivity index (χ3n) is 2.45. The Hall–Kier alpha value is -2.57. The first-order valence-corrected chi connectivity index (χ1v) is 5.86. The van der Waals surface area contributed by atoms with Gasteiger partial charge in [-0.25, -0.2) is 4.79 Å². The first-order valence-electron chi connectivity index (χ1n) is 5.86. The number of amides is 2. The van der Waals surface area contributed by atoms with E-state index in [0.717, 1.165) is 5.56 Å². The van der Waals surface area contributed by atoms with Gasteiger partial charge < -0.3 is 20.5 Å². The van der Waals surface area contributed by atoms with Gasteiger partial charge in [-0.2, -0.15) is 0 Å². The highest BCUT2D eigenvalue weighted by Gasteiger charge is 2.22. The van der Waals surface area contributed by atoms with Crippen molar-refractivity contribution >= 4 is 18.0 Å². The Bertz CT molecular complexity index is 475. The molecule has 0 aliphatic rings. The third kappa shape index (κ3) is 5.38. The number of nitrogens with two attached hydrogens (primary N) is 1. The van der Waals surface area contributed by atoms with Crippen molar-refractivity contribution in [1.82, 2.24) is 5.32 Å². The van der Waals surface area contributed by atoms with Gasteiger partial charge in [0.1, 0.15) is 12.6 Å². The van der Waals surface area contributed by atoms with Gasteiger partial charge in [-0.05, 0) is 5.56 Å². The van der Waals surface area contributed by atoms with E-state index in [9.17, 15) is 14.4 Å². The molecule has 1 aromatic rings. The number of alkyl carbamates (subject to hydrolysis) is 1. The van der Waals surface area contributed by atoms with Crippen LogP contribution in [0.25, 0.3) is 0 Å². The number of carbonyl (C=O) groups is 3. The van der Waals surface area contributed by atoms with Crippen LogP contribution in [0, 0.1) is 0 Å². The zero-order valence-corrected chi connectivity index (χ0v) is 11.0. The molecule has 1 unspecified atom stereocenters. The molecule has 1 atom stereocenters. The standard InChI is InChI=1S/C13H16N2O5/c1-19-11(16)7-10(12(14)17)15-13(18)20-8-9-5-3-2-4-6-9/h2-6,10H,7-8H2,1H3,(H2,14,17)(H,15,18). The number of ether oxygens (including phenoxy) is 2. The second-order valence-electron chi connectivity index (χ2n) is 3.94. The summed E-state index contributed by atoms with van der Waals surface area (Å²) in [6.45, 7) is 0.0520. The zero-order valence-electron chi connectivity index (χ0n) is 11.0. The minimum Gasteiger partial charge on any atom is -0.469 e. The fraction of sp³-hybridized carbons (Fsp3) is 0.308. The maximum Gasteiger partial charge on any atom is 0.408 e. The Morgan fingerprint density at radius 2 is 1.90 bits per heavy atom. The molecule has 0 radical (unpaired) electrons. The summed E-state index contributed by atoms with van der Waals surface area (Å²) in [5, 5.41) is 2.22. The summed E-state index contributed by atoms with van der Waals surface area (Å²) >= 11 is 0. The molecule has 3 N–H and O–H groups in total. The molecule has 0 fully saturated rings. The van der Waals surface area contributed by atoms with Crippen LogP contribution < -0.4 is 11.1 Å². The largest absolute Gasteiger partial charge is 0.469 e. The summed E-state index contributed by atoms with van der Waals surface area (Å²) in [7, 11) is 1.17. The van der Waals surface area contributed by atoms with E-state index in [1.54, 1.807) is 24.3 Å². The van der Waals surface area contributed by atoms with Crippen molar-refractivity contribution in [2.75, 3.05) is 7.11 Å². The quantitative estimate of drug-likeness (QED) is 0.730. The summed E-state index contributed by atoms with van der Waals surface area (Å²) in [5.41, 5.74) is 5.88. The number of nitrogens with one attached hydrogen (secondary N) is 1. The lowest BCUT2D eigenvalue weighted by Gasteiger charge is -2.14. The van der Waals surface area contributed by atoms with Gasteiger partial charge in [-0.1, -0.05) is 30.3 Å². The van der Waals surface area contributed by atoms with E-state index < -0.39 is 24.0 Å². The normalized spacial score (nSPS) is 11.2. The number of esters is 1. The Morgan fingerprint density at radius 3 is 2.45 bits per heavy atom. The maximum atomic E-state index is 11.5. The topological polar surface area (TPSA) is 108 Å². The first kappa shape index (κ1) is 15.5. The predicted molar refractivity (Wildman–Crippen MR) is 69.4 cm³/mol. The van der Waals surface area contributed by atoms with Crippen molar-refractivity contribution in [2.24, 2.45) is 5.73 Å².